The molecule has 12 amide bonds. The van der Waals surface area contributed by atoms with Gasteiger partial charge in [0.25, 0.3) is 0 Å². The molecule has 0 radical (unpaired) electrons. The van der Waals surface area contributed by atoms with Gasteiger partial charge in [-0.1, -0.05) is 77.2 Å². The molecule has 32 heteroatoms. The number of carbonyl (C=O) groups excluding carboxylic acids is 12. The second kappa shape index (κ2) is 34.9. The number of halogens is 8. The molecule has 24 nitrogen and oxygen atoms in total. The maximum Gasteiger partial charge on any atom is 0.422 e. The highest BCUT2D eigenvalue weighted by molar-refractivity contribution is 6.01. The largest absolute Gasteiger partial charge is 0.422 e. The van der Waals surface area contributed by atoms with E-state index in [0.717, 1.165) is 68.7 Å². The Morgan fingerprint density at radius 2 is 1.26 bits per heavy atom. The molecule has 6 fully saturated rings. The zero-order chi connectivity index (χ0) is 79.2. The summed E-state index contributed by atoms with van der Waals surface area (Å²) in [5.41, 5.74) is -5.13. The number of alkyl halides is 6. The predicted molar refractivity (Wildman–Crippen MR) is 377 cm³/mol. The zero-order valence-corrected chi connectivity index (χ0v) is 62.9. The van der Waals surface area contributed by atoms with Crippen LogP contribution in [0.15, 0.2) is 48.6 Å². The van der Waals surface area contributed by atoms with Gasteiger partial charge in [0.2, 0.25) is 70.9 Å². The van der Waals surface area contributed by atoms with Crippen molar-refractivity contribution in [2.45, 2.75) is 215 Å². The van der Waals surface area contributed by atoms with Crippen molar-refractivity contribution in [3.05, 3.63) is 82.4 Å². The summed E-state index contributed by atoms with van der Waals surface area (Å²) in [5.74, 6) is -14.8. The van der Waals surface area contributed by atoms with E-state index in [1.807, 2.05) is 0 Å². The van der Waals surface area contributed by atoms with Crippen LogP contribution in [0.5, 0.6) is 0 Å². The number of amides is 12. The SMILES string of the molecule is CC[C@H](C)[C@@H]1NC(=O)[C@H](CC2CC2)N(C)C(=O)C[C@@H](C(=O)N2CCCC2)N(C)C(=O)[C@H](C2CCCC2)N(C)C(=O)C2(CCC2)NC(=O)[C@@H]2C[C@H](C)CN2C(=O)[C@H](CCc2cc(F)c(C(F)(F)F)c(F)c2)NC(=O)CN(C)C(=O)[C@H](Cc2ccc(C(F)(F)F)cc2)N2CC/C=C\C[C@@H](C2=O)N(C)C(=O)CN(C)C1=O. The van der Waals surface area contributed by atoms with Crippen LogP contribution in [-0.4, -0.2) is 250 Å². The van der Waals surface area contributed by atoms with Crippen molar-refractivity contribution in [1.29, 1.82) is 0 Å². The van der Waals surface area contributed by atoms with Gasteiger partial charge in [0, 0.05) is 74.9 Å². The molecule has 10 atom stereocenters. The molecule has 108 heavy (non-hydrogen) atoms. The number of aryl methyl sites for hydroxylation is 1. The number of rotatable bonds is 11. The smallest absolute Gasteiger partial charge is 0.343 e. The quantitative estimate of drug-likeness (QED) is 0.166. The maximum absolute atomic E-state index is 15.6. The lowest BCUT2D eigenvalue weighted by molar-refractivity contribution is -0.158. The lowest BCUT2D eigenvalue weighted by Gasteiger charge is -2.46. The Hall–Kier alpha value is -8.74. The number of likely N-dealkylation sites (tertiary alicyclic amines) is 1. The van der Waals surface area contributed by atoms with Crippen LogP contribution in [0.4, 0.5) is 35.1 Å². The van der Waals surface area contributed by atoms with Gasteiger partial charge in [0.05, 0.1) is 25.1 Å². The summed E-state index contributed by atoms with van der Waals surface area (Å²) in [4.78, 5) is 192. The third kappa shape index (κ3) is 19.3. The maximum atomic E-state index is 15.6. The van der Waals surface area contributed by atoms with Crippen LogP contribution in [-0.2, 0) is 82.7 Å². The highest BCUT2D eigenvalue weighted by atomic mass is 19.4. The molecule has 9 rings (SSSR count). The van der Waals surface area contributed by atoms with Gasteiger partial charge in [-0.2, -0.15) is 26.3 Å². The Labute approximate surface area is 624 Å². The molecule has 1 spiro atoms. The first-order chi connectivity index (χ1) is 50.8. The normalized spacial score (nSPS) is 27.5. The van der Waals surface area contributed by atoms with Gasteiger partial charge in [0.15, 0.2) is 0 Å². The van der Waals surface area contributed by atoms with Gasteiger partial charge in [-0.15, -0.1) is 0 Å². The van der Waals surface area contributed by atoms with Gasteiger partial charge < -0.3 is 60.0 Å². The summed E-state index contributed by atoms with van der Waals surface area (Å²) in [6.45, 7) is 3.90. The van der Waals surface area contributed by atoms with Crippen LogP contribution >= 0.6 is 0 Å². The van der Waals surface area contributed by atoms with E-state index in [1.165, 1.54) is 49.9 Å². The van der Waals surface area contributed by atoms with E-state index in [-0.39, 0.29) is 68.7 Å². The van der Waals surface area contributed by atoms with Gasteiger partial charge in [-0.25, -0.2) is 8.78 Å². The van der Waals surface area contributed by atoms with Crippen LogP contribution in [0, 0.1) is 35.3 Å². The van der Waals surface area contributed by atoms with Crippen molar-refractivity contribution in [2.75, 3.05) is 81.6 Å². The van der Waals surface area contributed by atoms with E-state index in [0.29, 0.717) is 76.6 Å². The van der Waals surface area contributed by atoms with Gasteiger partial charge in [-0.3, -0.25) is 57.5 Å². The Bertz CT molecular complexity index is 3710. The molecule has 3 aliphatic carbocycles. The van der Waals surface area contributed by atoms with Crippen LogP contribution in [0.25, 0.3) is 0 Å². The molecule has 2 aromatic carbocycles. The molecular formula is C76H102F8N12O12. The second-order valence-electron chi connectivity index (χ2n) is 30.9. The fraction of sp³-hybridized carbons (Fsp3) is 0.658. The summed E-state index contributed by atoms with van der Waals surface area (Å²) in [6.07, 6.45) is -2.97. The minimum Gasteiger partial charge on any atom is -0.343 e. The molecule has 0 unspecified atom stereocenters. The number of likely N-dealkylation sites (N-methyl/N-ethyl adjacent to an activating group) is 6. The third-order valence-electron chi connectivity index (χ3n) is 23.1. The number of carbonyl (C=O) groups is 12. The number of nitrogens with zero attached hydrogens (tertiary/aromatic N) is 9. The summed E-state index contributed by atoms with van der Waals surface area (Å²) in [7, 11) is 8.03. The van der Waals surface area contributed by atoms with E-state index in [1.54, 1.807) is 37.8 Å². The Morgan fingerprint density at radius 1 is 0.630 bits per heavy atom. The first-order valence-electron chi connectivity index (χ1n) is 37.6. The number of benzene rings is 2. The molecule has 2 aromatic rings. The number of hydrogen-bond acceptors (Lipinski definition) is 12. The molecule has 7 aliphatic rings. The second-order valence-corrected chi connectivity index (χ2v) is 30.9. The minimum atomic E-state index is -5.44. The fourth-order valence-electron chi connectivity index (χ4n) is 16.0. The van der Waals surface area contributed by atoms with E-state index in [2.05, 4.69) is 16.0 Å². The highest BCUT2D eigenvalue weighted by Gasteiger charge is 2.54. The molecule has 3 saturated heterocycles. The standard InChI is InChI=1S/C76H102F8N12O12/c1-10-45(3)63-71(106)89(5)43-61(99)90(6)54-21-12-11-15-34-95(70(54)105)58(39-47-24-27-50(28-25-47)75(79,80)81)68(103)88(4)42-59(97)85-53(29-26-48-36-51(77)62(52(78)37-48)76(82,83)84)67(102)96-41-44(2)35-56(96)66(101)87-74(30-18-31-74)73(108)93(9)64(49-19-13-14-20-49)72(107)92(8)57(69(104)94-32-16-17-33-94)40-60(98)91(7)55(65(100)86-63)38-46-22-23-46/h11-12,24-25,27-28,36-37,44-46,49,53-58,63-64H,10,13-23,26,29-35,38-43H2,1-9H3,(H,85,97)(H,86,100)(H,87,101)/b12-11-/t44-,45-,53-,54-,55-,56-,57-,58-,63-,64-/m0/s1. The van der Waals surface area contributed by atoms with Gasteiger partial charge >= 0.3 is 12.4 Å². The molecule has 0 aromatic heterocycles. The summed E-state index contributed by atoms with van der Waals surface area (Å²) < 4.78 is 114. The molecule has 2 bridgehead atoms. The van der Waals surface area contributed by atoms with Gasteiger partial charge in [0.1, 0.15) is 71.1 Å². The van der Waals surface area contributed by atoms with E-state index < -0.39 is 216 Å². The Morgan fingerprint density at radius 3 is 1.84 bits per heavy atom. The first-order valence-corrected chi connectivity index (χ1v) is 37.6. The molecule has 3 N–H and O–H groups in total. The number of nitrogens with one attached hydrogen (secondary N) is 3. The topological polar surface area (TPSA) is 270 Å². The molecule has 4 aliphatic heterocycles. The molecule has 4 heterocycles. The average molecular weight is 1530 g/mol. The molecular weight excluding hydrogens is 1420 g/mol. The predicted octanol–water partition coefficient (Wildman–Crippen LogP) is 6.26. The summed E-state index contributed by atoms with van der Waals surface area (Å²) >= 11 is 0. The van der Waals surface area contributed by atoms with Crippen molar-refractivity contribution in [3.63, 3.8) is 0 Å². The van der Waals surface area contributed by atoms with Crippen LogP contribution in [0.1, 0.15) is 159 Å². The van der Waals surface area contributed by atoms with Crippen molar-refractivity contribution in [2.24, 2.45) is 23.7 Å². The highest BCUT2D eigenvalue weighted by Crippen LogP contribution is 2.41. The number of hydrogen-bond donors (Lipinski definition) is 3. The van der Waals surface area contributed by atoms with E-state index in [9.17, 15) is 50.3 Å². The van der Waals surface area contributed by atoms with Crippen LogP contribution in [0.3, 0.4) is 0 Å². The molecule has 3 saturated carbocycles. The van der Waals surface area contributed by atoms with Crippen molar-refractivity contribution in [1.82, 2.24) is 60.0 Å². The van der Waals surface area contributed by atoms with Gasteiger partial charge in [-0.05, 0) is 143 Å². The summed E-state index contributed by atoms with van der Waals surface area (Å²) in [5, 5.41) is 8.38. The van der Waals surface area contributed by atoms with E-state index in [4.69, 9.17) is 0 Å². The third-order valence-corrected chi connectivity index (χ3v) is 23.1. The van der Waals surface area contributed by atoms with Crippen LogP contribution < -0.4 is 16.0 Å². The first kappa shape index (κ1) is 83.3. The van der Waals surface area contributed by atoms with Crippen molar-refractivity contribution in [3.8, 4) is 0 Å². The van der Waals surface area contributed by atoms with Crippen molar-refractivity contribution >= 4 is 70.9 Å². The zero-order valence-electron chi connectivity index (χ0n) is 62.9. The molecule has 594 valence electrons. The lowest BCUT2D eigenvalue weighted by atomic mass is 9.74. The minimum absolute atomic E-state index is 0.00744. The van der Waals surface area contributed by atoms with E-state index >= 15 is 42.3 Å². The fourth-order valence-corrected chi connectivity index (χ4v) is 16.0. The van der Waals surface area contributed by atoms with Crippen molar-refractivity contribution < 1.29 is 92.7 Å². The average Bonchev–Trinajstić information content (AvgIpc) is 1.07. The Balaban J connectivity index is 1.11. The number of fused-ring (bicyclic) bond motifs is 3. The lowest BCUT2D eigenvalue weighted by Crippen LogP contribution is -2.68. The van der Waals surface area contributed by atoms with Crippen LogP contribution in [0.2, 0.25) is 0 Å². The summed E-state index contributed by atoms with van der Waals surface area (Å²) in [6, 6.07) is -6.78. The Kier molecular flexibility index (Phi) is 26.9. The monoisotopic (exact) mass is 1530 g/mol.